The Balaban J connectivity index is 1.72. The normalized spacial score (nSPS) is 21.8. The van der Waals surface area contributed by atoms with Crippen molar-refractivity contribution in [3.63, 3.8) is 0 Å². The Hall–Kier alpha value is -1.11. The first-order valence-corrected chi connectivity index (χ1v) is 9.67. The third kappa shape index (κ3) is 6.49. The lowest BCUT2D eigenvalue weighted by Crippen LogP contribution is -2.13. The predicted molar refractivity (Wildman–Crippen MR) is 98.5 cm³/mol. The van der Waals surface area contributed by atoms with E-state index in [1.54, 1.807) is 6.08 Å². The fraction of sp³-hybridized carbons (Fsp3) is 0.636. The molecule has 1 saturated carbocycles. The monoisotopic (exact) mass is 316 g/mol. The Kier molecular flexibility index (Phi) is 8.42. The lowest BCUT2D eigenvalue weighted by atomic mass is 9.77. The van der Waals surface area contributed by atoms with Crippen LogP contribution in [0.2, 0.25) is 0 Å². The molecule has 0 bridgehead atoms. The Morgan fingerprint density at radius 2 is 1.74 bits per heavy atom. The van der Waals surface area contributed by atoms with Crippen LogP contribution in [0.1, 0.15) is 88.2 Å². The minimum absolute atomic E-state index is 0.648. The molecule has 0 amide bonds. The topological polar surface area (TPSA) is 0 Å². The molecule has 0 saturated heterocycles. The van der Waals surface area contributed by atoms with Crippen molar-refractivity contribution in [3.05, 3.63) is 47.8 Å². The minimum Gasteiger partial charge on any atom is -0.216 e. The van der Waals surface area contributed by atoms with E-state index in [1.165, 1.54) is 68.9 Å². The van der Waals surface area contributed by atoms with Gasteiger partial charge in [-0.05, 0) is 61.5 Å². The highest BCUT2D eigenvalue weighted by Crippen LogP contribution is 2.37. The molecule has 0 unspecified atom stereocenters. The van der Waals surface area contributed by atoms with Gasteiger partial charge in [-0.3, -0.25) is 0 Å². The smallest absolute Gasteiger partial charge is 0.0827 e. The van der Waals surface area contributed by atoms with Gasteiger partial charge in [0, 0.05) is 0 Å². The van der Waals surface area contributed by atoms with E-state index < -0.39 is 0 Å². The molecule has 23 heavy (non-hydrogen) atoms. The van der Waals surface area contributed by atoms with E-state index >= 15 is 0 Å². The van der Waals surface area contributed by atoms with E-state index in [9.17, 15) is 4.39 Å². The van der Waals surface area contributed by atoms with Crippen LogP contribution >= 0.6 is 0 Å². The van der Waals surface area contributed by atoms with Gasteiger partial charge in [0.15, 0.2) is 0 Å². The lowest BCUT2D eigenvalue weighted by molar-refractivity contribution is 0.302. The molecule has 128 valence electrons. The van der Waals surface area contributed by atoms with Crippen molar-refractivity contribution in [2.24, 2.45) is 5.92 Å². The van der Waals surface area contributed by atoms with Gasteiger partial charge in [-0.2, -0.15) is 0 Å². The molecule has 0 aliphatic heterocycles. The third-order valence-electron chi connectivity index (χ3n) is 5.45. The summed E-state index contributed by atoms with van der Waals surface area (Å²) in [6, 6.07) is 9.08. The summed E-state index contributed by atoms with van der Waals surface area (Å²) in [5, 5.41) is 0. The van der Waals surface area contributed by atoms with E-state index in [0.29, 0.717) is 6.33 Å². The molecule has 1 heteroatoms. The Morgan fingerprint density at radius 3 is 2.39 bits per heavy atom. The maximum Gasteiger partial charge on any atom is 0.0827 e. The van der Waals surface area contributed by atoms with Gasteiger partial charge in [0.1, 0.15) is 0 Å². The molecule has 1 aliphatic carbocycles. The quantitative estimate of drug-likeness (QED) is 0.418. The van der Waals surface area contributed by atoms with Gasteiger partial charge < -0.3 is 0 Å². The average Bonchev–Trinajstić information content (AvgIpc) is 2.60. The first-order valence-electron chi connectivity index (χ1n) is 9.67. The highest BCUT2D eigenvalue weighted by molar-refractivity contribution is 5.26. The molecule has 0 radical (unpaired) electrons. The summed E-state index contributed by atoms with van der Waals surface area (Å²) in [5.74, 6) is 1.75. The number of rotatable bonds is 9. The fourth-order valence-corrected chi connectivity index (χ4v) is 3.91. The number of allylic oxidation sites excluding steroid dienone is 1. The second kappa shape index (κ2) is 10.6. The number of hydrogen-bond donors (Lipinski definition) is 0. The summed E-state index contributed by atoms with van der Waals surface area (Å²) in [4.78, 5) is 0. The van der Waals surface area contributed by atoms with E-state index in [1.807, 2.05) is 0 Å². The minimum atomic E-state index is 0.648. The highest BCUT2D eigenvalue weighted by atomic mass is 19.1. The summed E-state index contributed by atoms with van der Waals surface area (Å²) in [6.45, 7) is 2.29. The molecule has 0 heterocycles. The Labute approximate surface area is 142 Å². The van der Waals surface area contributed by atoms with Gasteiger partial charge in [0.25, 0.3) is 0 Å². The van der Waals surface area contributed by atoms with Crippen molar-refractivity contribution in [3.8, 4) is 0 Å². The average molecular weight is 317 g/mol. The van der Waals surface area contributed by atoms with Gasteiger partial charge in [0.05, 0.1) is 6.33 Å². The van der Waals surface area contributed by atoms with Crippen LogP contribution in [0.25, 0.3) is 0 Å². The summed E-state index contributed by atoms with van der Waals surface area (Å²) in [6.07, 6.45) is 16.6. The van der Waals surface area contributed by atoms with Crippen LogP contribution in [-0.4, -0.2) is 0 Å². The molecule has 1 aliphatic rings. The molecular formula is C22H33F. The van der Waals surface area contributed by atoms with E-state index in [2.05, 4.69) is 31.2 Å². The van der Waals surface area contributed by atoms with Crippen molar-refractivity contribution >= 4 is 0 Å². The molecular weight excluding hydrogens is 283 g/mol. The highest BCUT2D eigenvalue weighted by Gasteiger charge is 2.21. The van der Waals surface area contributed by atoms with Crippen LogP contribution in [0.15, 0.2) is 36.7 Å². The zero-order valence-electron chi connectivity index (χ0n) is 14.8. The first-order chi connectivity index (χ1) is 11.3. The zero-order valence-corrected chi connectivity index (χ0v) is 14.8. The van der Waals surface area contributed by atoms with Crippen LogP contribution in [0.4, 0.5) is 4.39 Å². The van der Waals surface area contributed by atoms with Gasteiger partial charge in [0.2, 0.25) is 0 Å². The molecule has 0 spiro atoms. The summed E-state index contributed by atoms with van der Waals surface area (Å²) in [5.41, 5.74) is 2.83. The molecule has 0 atom stereocenters. The van der Waals surface area contributed by atoms with Crippen LogP contribution in [0, 0.1) is 5.92 Å². The largest absolute Gasteiger partial charge is 0.216 e. The van der Waals surface area contributed by atoms with Crippen LogP contribution in [0.3, 0.4) is 0 Å². The van der Waals surface area contributed by atoms with Gasteiger partial charge >= 0.3 is 0 Å². The van der Waals surface area contributed by atoms with Crippen molar-refractivity contribution < 1.29 is 4.39 Å². The fourth-order valence-electron chi connectivity index (χ4n) is 3.91. The Bertz CT molecular complexity index is 438. The molecule has 1 fully saturated rings. The zero-order chi connectivity index (χ0) is 16.3. The lowest BCUT2D eigenvalue weighted by Gasteiger charge is -2.29. The molecule has 0 N–H and O–H groups in total. The van der Waals surface area contributed by atoms with Crippen molar-refractivity contribution in [1.29, 1.82) is 0 Å². The number of aryl methyl sites for hydroxylation is 1. The predicted octanol–water partition coefficient (Wildman–Crippen LogP) is 7.35. The second-order valence-electron chi connectivity index (χ2n) is 7.21. The van der Waals surface area contributed by atoms with Crippen LogP contribution < -0.4 is 0 Å². The van der Waals surface area contributed by atoms with E-state index in [0.717, 1.165) is 24.7 Å². The van der Waals surface area contributed by atoms with Crippen molar-refractivity contribution in [2.75, 3.05) is 0 Å². The van der Waals surface area contributed by atoms with E-state index in [-0.39, 0.29) is 0 Å². The molecule has 2 rings (SSSR count). The number of hydrogen-bond acceptors (Lipinski definition) is 0. The standard InChI is InChI=1S/C22H33F/c1-2-3-4-5-8-19-10-14-21(15-11-19)22-16-12-20(13-17-22)9-6-7-18-23/h7,12-13,16-19,21H,2-6,8-11,14-15H2,1H3/t19-,21-. The van der Waals surface area contributed by atoms with Crippen molar-refractivity contribution in [2.45, 2.75) is 83.5 Å². The summed E-state index contributed by atoms with van der Waals surface area (Å²) in [7, 11) is 0. The van der Waals surface area contributed by atoms with Gasteiger partial charge in [-0.25, -0.2) is 4.39 Å². The first kappa shape index (κ1) is 18.2. The number of unbranched alkanes of at least 4 members (excludes halogenated alkanes) is 3. The number of halogens is 1. The maximum atomic E-state index is 12.0. The molecule has 1 aromatic rings. The molecule has 1 aromatic carbocycles. The second-order valence-corrected chi connectivity index (χ2v) is 7.21. The van der Waals surface area contributed by atoms with Gasteiger partial charge in [-0.1, -0.05) is 69.4 Å². The van der Waals surface area contributed by atoms with E-state index in [4.69, 9.17) is 0 Å². The van der Waals surface area contributed by atoms with Gasteiger partial charge in [-0.15, -0.1) is 0 Å². The maximum absolute atomic E-state index is 12.0. The van der Waals surface area contributed by atoms with Crippen LogP contribution in [-0.2, 0) is 6.42 Å². The number of benzene rings is 1. The summed E-state index contributed by atoms with van der Waals surface area (Å²) >= 11 is 0. The molecule has 0 nitrogen and oxygen atoms in total. The van der Waals surface area contributed by atoms with Crippen LogP contribution in [0.5, 0.6) is 0 Å². The summed E-state index contributed by atoms with van der Waals surface area (Å²) < 4.78 is 12.0. The molecule has 0 aromatic heterocycles. The van der Waals surface area contributed by atoms with Crippen molar-refractivity contribution in [1.82, 2.24) is 0 Å². The Morgan fingerprint density at radius 1 is 1.00 bits per heavy atom. The third-order valence-corrected chi connectivity index (χ3v) is 5.45. The SMILES string of the molecule is CCCCCC[C@H]1CC[C@H](c2ccc(CCC=CF)cc2)CC1.